The number of fused-ring (bicyclic) bond motifs is 1. The lowest BCUT2D eigenvalue weighted by molar-refractivity contribution is 0.246. The number of anilines is 1. The predicted octanol–water partition coefficient (Wildman–Crippen LogP) is 2.51. The number of rotatable bonds is 4. The molecule has 1 aromatic heterocycles. The maximum Gasteiger partial charge on any atom is 0.168 e. The Kier molecular flexibility index (Phi) is 3.23. The second-order valence-corrected chi connectivity index (χ2v) is 4.49. The zero-order valence-corrected chi connectivity index (χ0v) is 10.8. The topological polar surface area (TPSA) is 43.4 Å². The standard InChI is InChI=1S/C15H16N2O2/c1-18-14-7-4-8-16-15(14)17-10-12-9-11-5-2-3-6-13(11)19-12/h2-8,12H,9-10H2,1H3,(H,16,17). The van der Waals surface area contributed by atoms with E-state index >= 15 is 0 Å². The Bertz CT molecular complexity index is 547. The summed E-state index contributed by atoms with van der Waals surface area (Å²) in [5.74, 6) is 2.49. The molecule has 1 aromatic carbocycles. The number of methoxy groups -OCH3 is 1. The van der Waals surface area contributed by atoms with Crippen LogP contribution in [0.1, 0.15) is 5.56 Å². The van der Waals surface area contributed by atoms with Crippen molar-refractivity contribution in [1.29, 1.82) is 0 Å². The average Bonchev–Trinajstić information content (AvgIpc) is 2.88. The van der Waals surface area contributed by atoms with Gasteiger partial charge in [-0.25, -0.2) is 4.98 Å². The van der Waals surface area contributed by atoms with Gasteiger partial charge in [0, 0.05) is 12.6 Å². The van der Waals surface area contributed by atoms with E-state index in [1.54, 1.807) is 13.3 Å². The molecule has 0 saturated carbocycles. The summed E-state index contributed by atoms with van der Waals surface area (Å²) < 4.78 is 11.1. The molecule has 2 aromatic rings. The number of nitrogens with one attached hydrogen (secondary N) is 1. The molecule has 0 spiro atoms. The Balaban J connectivity index is 1.63. The van der Waals surface area contributed by atoms with Crippen LogP contribution < -0.4 is 14.8 Å². The highest BCUT2D eigenvalue weighted by molar-refractivity contribution is 5.49. The minimum atomic E-state index is 0.143. The van der Waals surface area contributed by atoms with Crippen molar-refractivity contribution in [3.8, 4) is 11.5 Å². The van der Waals surface area contributed by atoms with Crippen LogP contribution in [0, 0.1) is 0 Å². The van der Waals surface area contributed by atoms with E-state index in [0.29, 0.717) is 6.54 Å². The molecule has 4 heteroatoms. The van der Waals surface area contributed by atoms with E-state index in [1.807, 2.05) is 30.3 Å². The SMILES string of the molecule is COc1cccnc1NCC1Cc2ccccc2O1. The van der Waals surface area contributed by atoms with Crippen molar-refractivity contribution in [2.24, 2.45) is 0 Å². The van der Waals surface area contributed by atoms with Crippen molar-refractivity contribution in [3.63, 3.8) is 0 Å². The molecule has 0 radical (unpaired) electrons. The number of nitrogens with zero attached hydrogens (tertiary/aromatic N) is 1. The highest BCUT2D eigenvalue weighted by Gasteiger charge is 2.22. The first-order valence-electron chi connectivity index (χ1n) is 6.34. The molecule has 1 unspecified atom stereocenters. The normalized spacial score (nSPS) is 16.6. The molecule has 98 valence electrons. The van der Waals surface area contributed by atoms with Gasteiger partial charge in [0.1, 0.15) is 11.9 Å². The van der Waals surface area contributed by atoms with Gasteiger partial charge in [-0.05, 0) is 23.8 Å². The number of hydrogen-bond donors (Lipinski definition) is 1. The molecular weight excluding hydrogens is 240 g/mol. The largest absolute Gasteiger partial charge is 0.493 e. The van der Waals surface area contributed by atoms with Crippen molar-refractivity contribution in [2.45, 2.75) is 12.5 Å². The highest BCUT2D eigenvalue weighted by atomic mass is 16.5. The van der Waals surface area contributed by atoms with Gasteiger partial charge in [0.2, 0.25) is 0 Å². The zero-order valence-electron chi connectivity index (χ0n) is 10.8. The third-order valence-corrected chi connectivity index (χ3v) is 3.20. The van der Waals surface area contributed by atoms with Crippen LogP contribution in [0.3, 0.4) is 0 Å². The van der Waals surface area contributed by atoms with E-state index in [-0.39, 0.29) is 6.10 Å². The third-order valence-electron chi connectivity index (χ3n) is 3.20. The fourth-order valence-electron chi connectivity index (χ4n) is 2.27. The molecule has 0 saturated heterocycles. The minimum Gasteiger partial charge on any atom is -0.493 e. The summed E-state index contributed by atoms with van der Waals surface area (Å²) in [6.45, 7) is 0.710. The van der Waals surface area contributed by atoms with Gasteiger partial charge in [-0.2, -0.15) is 0 Å². The van der Waals surface area contributed by atoms with Gasteiger partial charge in [0.15, 0.2) is 11.6 Å². The summed E-state index contributed by atoms with van der Waals surface area (Å²) in [5.41, 5.74) is 1.27. The van der Waals surface area contributed by atoms with E-state index in [4.69, 9.17) is 9.47 Å². The number of hydrogen-bond acceptors (Lipinski definition) is 4. The van der Waals surface area contributed by atoms with E-state index in [1.165, 1.54) is 5.56 Å². The molecule has 1 aliphatic heterocycles. The lowest BCUT2D eigenvalue weighted by Gasteiger charge is -2.14. The van der Waals surface area contributed by atoms with Gasteiger partial charge >= 0.3 is 0 Å². The number of ether oxygens (including phenoxy) is 2. The molecule has 0 bridgehead atoms. The molecular formula is C15H16N2O2. The van der Waals surface area contributed by atoms with Gasteiger partial charge in [-0.3, -0.25) is 0 Å². The van der Waals surface area contributed by atoms with E-state index < -0.39 is 0 Å². The summed E-state index contributed by atoms with van der Waals surface area (Å²) in [7, 11) is 1.64. The summed E-state index contributed by atoms with van der Waals surface area (Å²) in [5, 5.41) is 3.28. The minimum absolute atomic E-state index is 0.143. The first kappa shape index (κ1) is 11.8. The quantitative estimate of drug-likeness (QED) is 0.912. The summed E-state index contributed by atoms with van der Waals surface area (Å²) in [6.07, 6.45) is 2.82. The predicted molar refractivity (Wildman–Crippen MR) is 73.8 cm³/mol. The molecule has 0 amide bonds. The second-order valence-electron chi connectivity index (χ2n) is 4.49. The smallest absolute Gasteiger partial charge is 0.168 e. The molecule has 1 atom stereocenters. The summed E-state index contributed by atoms with van der Waals surface area (Å²) in [4.78, 5) is 4.27. The average molecular weight is 256 g/mol. The van der Waals surface area contributed by atoms with Crippen LogP contribution in [-0.2, 0) is 6.42 Å². The van der Waals surface area contributed by atoms with Crippen LogP contribution >= 0.6 is 0 Å². The lowest BCUT2D eigenvalue weighted by Crippen LogP contribution is -2.24. The van der Waals surface area contributed by atoms with Crippen molar-refractivity contribution >= 4 is 5.82 Å². The number of aromatic nitrogens is 1. The van der Waals surface area contributed by atoms with Gasteiger partial charge in [0.25, 0.3) is 0 Å². The number of para-hydroxylation sites is 1. The van der Waals surface area contributed by atoms with Crippen LogP contribution in [-0.4, -0.2) is 24.7 Å². The summed E-state index contributed by atoms with van der Waals surface area (Å²) in [6, 6.07) is 11.9. The van der Waals surface area contributed by atoms with Crippen molar-refractivity contribution in [2.75, 3.05) is 19.0 Å². The van der Waals surface area contributed by atoms with E-state index in [0.717, 1.165) is 23.7 Å². The van der Waals surface area contributed by atoms with E-state index in [2.05, 4.69) is 16.4 Å². The van der Waals surface area contributed by atoms with Gasteiger partial charge in [-0.1, -0.05) is 18.2 Å². The van der Waals surface area contributed by atoms with Crippen LogP contribution in [0.4, 0.5) is 5.82 Å². The molecule has 1 aliphatic rings. The second kappa shape index (κ2) is 5.18. The molecule has 4 nitrogen and oxygen atoms in total. The molecule has 19 heavy (non-hydrogen) atoms. The Labute approximate surface area is 112 Å². The maximum atomic E-state index is 5.87. The molecule has 1 N–H and O–H groups in total. The van der Waals surface area contributed by atoms with E-state index in [9.17, 15) is 0 Å². The van der Waals surface area contributed by atoms with Crippen LogP contribution in [0.5, 0.6) is 11.5 Å². The van der Waals surface area contributed by atoms with Crippen molar-refractivity contribution in [3.05, 3.63) is 48.2 Å². The Hall–Kier alpha value is -2.23. The Morgan fingerprint density at radius 2 is 2.21 bits per heavy atom. The summed E-state index contributed by atoms with van der Waals surface area (Å²) >= 11 is 0. The fourth-order valence-corrected chi connectivity index (χ4v) is 2.27. The third kappa shape index (κ3) is 2.47. The number of pyridine rings is 1. The first-order chi connectivity index (χ1) is 9.36. The van der Waals surface area contributed by atoms with Crippen molar-refractivity contribution < 1.29 is 9.47 Å². The van der Waals surface area contributed by atoms with Crippen LogP contribution in [0.2, 0.25) is 0 Å². The van der Waals surface area contributed by atoms with Crippen LogP contribution in [0.25, 0.3) is 0 Å². The maximum absolute atomic E-state index is 5.87. The Morgan fingerprint density at radius 1 is 1.32 bits per heavy atom. The van der Waals surface area contributed by atoms with Gasteiger partial charge < -0.3 is 14.8 Å². The zero-order chi connectivity index (χ0) is 13.1. The first-order valence-corrected chi connectivity index (χ1v) is 6.34. The van der Waals surface area contributed by atoms with Crippen molar-refractivity contribution in [1.82, 2.24) is 4.98 Å². The van der Waals surface area contributed by atoms with Gasteiger partial charge in [-0.15, -0.1) is 0 Å². The molecule has 3 rings (SSSR count). The molecule has 2 heterocycles. The monoisotopic (exact) mass is 256 g/mol. The molecule has 0 aliphatic carbocycles. The lowest BCUT2D eigenvalue weighted by atomic mass is 10.1. The Morgan fingerprint density at radius 3 is 3.05 bits per heavy atom. The fraction of sp³-hybridized carbons (Fsp3) is 0.267. The number of benzene rings is 1. The van der Waals surface area contributed by atoms with Gasteiger partial charge in [0.05, 0.1) is 13.7 Å². The highest BCUT2D eigenvalue weighted by Crippen LogP contribution is 2.28. The molecule has 0 fully saturated rings. The van der Waals surface area contributed by atoms with Crippen LogP contribution in [0.15, 0.2) is 42.6 Å².